The van der Waals surface area contributed by atoms with E-state index in [0.717, 1.165) is 16.6 Å². The zero-order chi connectivity index (χ0) is 19.1. The van der Waals surface area contributed by atoms with Gasteiger partial charge in [0.2, 0.25) is 0 Å². The fourth-order valence-electron chi connectivity index (χ4n) is 3.26. The maximum Gasteiger partial charge on any atom is 0.157 e. The highest BCUT2D eigenvalue weighted by molar-refractivity contribution is 5.84. The number of aromatic amines is 2. The Labute approximate surface area is 158 Å². The van der Waals surface area contributed by atoms with Crippen LogP contribution in [0.1, 0.15) is 0 Å². The molecule has 3 aromatic carbocycles. The zero-order valence-corrected chi connectivity index (χ0v) is 14.6. The number of fused-ring (bicyclic) bond motifs is 1. The molecule has 0 amide bonds. The van der Waals surface area contributed by atoms with Crippen LogP contribution in [0.3, 0.4) is 0 Å². The number of benzene rings is 3. The number of rotatable bonds is 3. The highest BCUT2D eigenvalue weighted by atomic mass is 19.1. The zero-order valence-electron chi connectivity index (χ0n) is 14.6. The van der Waals surface area contributed by atoms with Gasteiger partial charge < -0.3 is 9.97 Å². The van der Waals surface area contributed by atoms with Crippen molar-refractivity contribution in [3.05, 3.63) is 84.4 Å². The first-order valence-corrected chi connectivity index (χ1v) is 8.75. The molecule has 0 saturated carbocycles. The van der Waals surface area contributed by atoms with Gasteiger partial charge in [0, 0.05) is 5.56 Å². The first-order valence-electron chi connectivity index (χ1n) is 8.75. The minimum Gasteiger partial charge on any atom is -0.337 e. The fraction of sp³-hybridized carbons (Fsp3) is 0. The molecular formula is C22H14F2N4. The molecule has 2 N–H and O–H groups in total. The van der Waals surface area contributed by atoms with E-state index < -0.39 is 11.6 Å². The van der Waals surface area contributed by atoms with E-state index in [1.807, 2.05) is 54.6 Å². The van der Waals surface area contributed by atoms with Crippen molar-refractivity contribution < 1.29 is 8.78 Å². The van der Waals surface area contributed by atoms with Crippen LogP contribution in [0.4, 0.5) is 8.78 Å². The maximum atomic E-state index is 14.3. The van der Waals surface area contributed by atoms with Gasteiger partial charge in [-0.2, -0.15) is 0 Å². The van der Waals surface area contributed by atoms with E-state index in [0.29, 0.717) is 17.2 Å². The van der Waals surface area contributed by atoms with Gasteiger partial charge in [0.1, 0.15) is 28.8 Å². The number of halogens is 2. The lowest BCUT2D eigenvalue weighted by Gasteiger charge is -2.00. The van der Waals surface area contributed by atoms with Gasteiger partial charge in [-0.25, -0.2) is 18.7 Å². The smallest absolute Gasteiger partial charge is 0.157 e. The number of nitrogens with one attached hydrogen (secondary N) is 2. The fourth-order valence-corrected chi connectivity index (χ4v) is 3.26. The Morgan fingerprint density at radius 3 is 2.11 bits per heavy atom. The van der Waals surface area contributed by atoms with E-state index in [9.17, 15) is 8.78 Å². The van der Waals surface area contributed by atoms with Crippen molar-refractivity contribution in [1.82, 2.24) is 19.9 Å². The van der Waals surface area contributed by atoms with Gasteiger partial charge in [0.15, 0.2) is 5.82 Å². The normalized spacial score (nSPS) is 11.2. The monoisotopic (exact) mass is 372 g/mol. The third-order valence-electron chi connectivity index (χ3n) is 4.58. The van der Waals surface area contributed by atoms with Gasteiger partial charge in [-0.05, 0) is 24.3 Å². The number of para-hydroxylation sites is 2. The Morgan fingerprint density at radius 2 is 1.36 bits per heavy atom. The molecule has 28 heavy (non-hydrogen) atoms. The Balaban J connectivity index is 1.76. The second-order valence-corrected chi connectivity index (χ2v) is 6.37. The number of hydrogen-bond acceptors (Lipinski definition) is 2. The summed E-state index contributed by atoms with van der Waals surface area (Å²) in [6, 6.07) is 20.8. The van der Waals surface area contributed by atoms with E-state index in [2.05, 4.69) is 19.9 Å². The molecule has 5 aromatic rings. The number of imidazole rings is 2. The summed E-state index contributed by atoms with van der Waals surface area (Å²) >= 11 is 0. The first-order chi connectivity index (χ1) is 13.7. The Morgan fingerprint density at radius 1 is 0.643 bits per heavy atom. The molecule has 4 nitrogen and oxygen atoms in total. The topological polar surface area (TPSA) is 57.4 Å². The van der Waals surface area contributed by atoms with E-state index in [-0.39, 0.29) is 11.4 Å². The van der Waals surface area contributed by atoms with Crippen LogP contribution in [0.5, 0.6) is 0 Å². The molecule has 2 aromatic heterocycles. The van der Waals surface area contributed by atoms with E-state index >= 15 is 0 Å². The maximum absolute atomic E-state index is 14.3. The van der Waals surface area contributed by atoms with E-state index in [1.165, 1.54) is 18.2 Å². The molecule has 0 radical (unpaired) electrons. The lowest BCUT2D eigenvalue weighted by Crippen LogP contribution is -1.91. The third-order valence-corrected chi connectivity index (χ3v) is 4.58. The van der Waals surface area contributed by atoms with Crippen molar-refractivity contribution >= 4 is 11.0 Å². The molecule has 6 heteroatoms. The molecule has 0 aliphatic carbocycles. The summed E-state index contributed by atoms with van der Waals surface area (Å²) in [4.78, 5) is 15.4. The summed E-state index contributed by atoms with van der Waals surface area (Å²) < 4.78 is 28.7. The molecule has 0 unspecified atom stereocenters. The van der Waals surface area contributed by atoms with Gasteiger partial charge in [-0.15, -0.1) is 0 Å². The van der Waals surface area contributed by atoms with Crippen molar-refractivity contribution in [3.63, 3.8) is 0 Å². The highest BCUT2D eigenvalue weighted by Crippen LogP contribution is 2.34. The largest absolute Gasteiger partial charge is 0.337 e. The first kappa shape index (κ1) is 16.4. The van der Waals surface area contributed by atoms with Crippen LogP contribution in [0.2, 0.25) is 0 Å². The van der Waals surface area contributed by atoms with Crippen molar-refractivity contribution in [1.29, 1.82) is 0 Å². The molecule has 0 spiro atoms. The predicted molar refractivity (Wildman–Crippen MR) is 104 cm³/mol. The number of nitrogens with zero attached hydrogens (tertiary/aromatic N) is 2. The molecule has 0 aliphatic rings. The molecule has 0 bridgehead atoms. The SMILES string of the molecule is Fc1cccc(F)c1-c1nc(-c2ccccc2)c(-c2nc3ccccc3[nH]2)[nH]1. The molecule has 136 valence electrons. The number of H-pyrrole nitrogens is 2. The highest BCUT2D eigenvalue weighted by Gasteiger charge is 2.21. The summed E-state index contributed by atoms with van der Waals surface area (Å²) in [5.41, 5.74) is 3.42. The average Bonchev–Trinajstić information content (AvgIpc) is 3.33. The summed E-state index contributed by atoms with van der Waals surface area (Å²) in [6.45, 7) is 0. The third kappa shape index (κ3) is 2.66. The van der Waals surface area contributed by atoms with Gasteiger partial charge in [0.05, 0.1) is 16.6 Å². The molecule has 0 aliphatic heterocycles. The second kappa shape index (κ2) is 6.42. The quantitative estimate of drug-likeness (QED) is 0.435. The lowest BCUT2D eigenvalue weighted by molar-refractivity contribution is 0.588. The van der Waals surface area contributed by atoms with Crippen molar-refractivity contribution in [2.24, 2.45) is 0 Å². The second-order valence-electron chi connectivity index (χ2n) is 6.37. The average molecular weight is 372 g/mol. The standard InChI is InChI=1S/C22H14F2N4/c23-14-9-6-10-15(24)18(14)21-27-19(13-7-2-1-3-8-13)20(28-21)22-25-16-11-4-5-12-17(16)26-22/h1-12H,(H,25,26)(H,27,28). The minimum atomic E-state index is -0.676. The molecular weight excluding hydrogens is 358 g/mol. The molecule has 5 rings (SSSR count). The molecule has 0 fully saturated rings. The molecule has 2 heterocycles. The van der Waals surface area contributed by atoms with Crippen LogP contribution in [-0.2, 0) is 0 Å². The summed E-state index contributed by atoms with van der Waals surface area (Å²) in [5, 5.41) is 0. The van der Waals surface area contributed by atoms with Crippen molar-refractivity contribution in [3.8, 4) is 34.2 Å². The van der Waals surface area contributed by atoms with Crippen molar-refractivity contribution in [2.45, 2.75) is 0 Å². The van der Waals surface area contributed by atoms with E-state index in [1.54, 1.807) is 0 Å². The number of aromatic nitrogens is 4. The van der Waals surface area contributed by atoms with Crippen LogP contribution in [-0.4, -0.2) is 19.9 Å². The van der Waals surface area contributed by atoms with Crippen LogP contribution in [0.25, 0.3) is 45.2 Å². The van der Waals surface area contributed by atoms with Crippen LogP contribution in [0, 0.1) is 11.6 Å². The van der Waals surface area contributed by atoms with Crippen LogP contribution < -0.4 is 0 Å². The van der Waals surface area contributed by atoms with Crippen LogP contribution in [0.15, 0.2) is 72.8 Å². The summed E-state index contributed by atoms with van der Waals surface area (Å²) in [5.74, 6) is -0.686. The predicted octanol–water partition coefficient (Wildman–Crippen LogP) is 5.57. The van der Waals surface area contributed by atoms with Gasteiger partial charge in [0.25, 0.3) is 0 Å². The summed E-state index contributed by atoms with van der Waals surface area (Å²) in [6.07, 6.45) is 0. The lowest BCUT2D eigenvalue weighted by atomic mass is 10.1. The Hall–Kier alpha value is -3.80. The van der Waals surface area contributed by atoms with Crippen molar-refractivity contribution in [2.75, 3.05) is 0 Å². The minimum absolute atomic E-state index is 0.116. The van der Waals surface area contributed by atoms with E-state index in [4.69, 9.17) is 0 Å². The Kier molecular flexibility index (Phi) is 3.76. The number of hydrogen-bond donors (Lipinski definition) is 2. The molecule has 0 saturated heterocycles. The van der Waals surface area contributed by atoms with Gasteiger partial charge in [-0.1, -0.05) is 48.5 Å². The van der Waals surface area contributed by atoms with Gasteiger partial charge >= 0.3 is 0 Å². The summed E-state index contributed by atoms with van der Waals surface area (Å²) in [7, 11) is 0. The molecule has 0 atom stereocenters. The van der Waals surface area contributed by atoms with Crippen LogP contribution >= 0.6 is 0 Å². The Bertz CT molecular complexity index is 1240. The van der Waals surface area contributed by atoms with Gasteiger partial charge in [-0.3, -0.25) is 0 Å².